The van der Waals surface area contributed by atoms with E-state index in [0.717, 1.165) is 19.0 Å². The number of nitrogens with two attached hydrogens (primary N) is 1. The predicted molar refractivity (Wildman–Crippen MR) is 87.5 cm³/mol. The molecule has 0 atom stereocenters. The lowest BCUT2D eigenvalue weighted by Gasteiger charge is -2.46. The van der Waals surface area contributed by atoms with E-state index in [9.17, 15) is 0 Å². The summed E-state index contributed by atoms with van der Waals surface area (Å²) >= 11 is 5.36. The lowest BCUT2D eigenvalue weighted by atomic mass is 9.74. The van der Waals surface area contributed by atoms with Gasteiger partial charge in [-0.15, -0.1) is 11.3 Å². The summed E-state index contributed by atoms with van der Waals surface area (Å²) < 4.78 is 1.19. The first-order valence-electron chi connectivity index (χ1n) is 7.24. The molecule has 1 aliphatic rings. The Balaban J connectivity index is 2.00. The van der Waals surface area contributed by atoms with E-state index in [4.69, 9.17) is 5.73 Å². The van der Waals surface area contributed by atoms with Crippen LogP contribution in [0, 0.1) is 5.92 Å². The summed E-state index contributed by atoms with van der Waals surface area (Å²) in [6.45, 7) is 4.11. The second-order valence-corrected chi connectivity index (χ2v) is 7.78. The van der Waals surface area contributed by atoms with Crippen LogP contribution in [0.15, 0.2) is 15.9 Å². The SMILES string of the molecule is CCC1CCC(CN)(N(C)Cc2cc(Br)cs2)CC1. The molecule has 0 unspecified atom stereocenters. The number of hydrogen-bond donors (Lipinski definition) is 1. The molecule has 0 aromatic carbocycles. The molecule has 19 heavy (non-hydrogen) atoms. The van der Waals surface area contributed by atoms with Gasteiger partial charge in [0, 0.05) is 33.4 Å². The van der Waals surface area contributed by atoms with Crippen molar-refractivity contribution < 1.29 is 0 Å². The zero-order valence-corrected chi connectivity index (χ0v) is 14.4. The minimum atomic E-state index is 0.224. The van der Waals surface area contributed by atoms with Gasteiger partial charge in [-0.2, -0.15) is 0 Å². The van der Waals surface area contributed by atoms with Crippen LogP contribution in [0.2, 0.25) is 0 Å². The Morgan fingerprint density at radius 1 is 1.47 bits per heavy atom. The van der Waals surface area contributed by atoms with Crippen molar-refractivity contribution in [3.8, 4) is 0 Å². The molecule has 0 spiro atoms. The van der Waals surface area contributed by atoms with Crippen molar-refractivity contribution in [2.24, 2.45) is 11.7 Å². The molecule has 1 aliphatic carbocycles. The van der Waals surface area contributed by atoms with Crippen LogP contribution < -0.4 is 5.73 Å². The zero-order valence-electron chi connectivity index (χ0n) is 12.0. The van der Waals surface area contributed by atoms with Crippen molar-refractivity contribution in [3.63, 3.8) is 0 Å². The fourth-order valence-electron chi connectivity index (χ4n) is 3.20. The van der Waals surface area contributed by atoms with Gasteiger partial charge in [-0.25, -0.2) is 0 Å². The normalized spacial score (nSPS) is 27.9. The number of rotatable bonds is 5. The number of halogens is 1. The number of thiophene rings is 1. The molecular formula is C15H25BrN2S. The summed E-state index contributed by atoms with van der Waals surface area (Å²) in [7, 11) is 2.24. The highest BCUT2D eigenvalue weighted by atomic mass is 79.9. The summed E-state index contributed by atoms with van der Waals surface area (Å²) in [6, 6.07) is 2.23. The van der Waals surface area contributed by atoms with Crippen LogP contribution >= 0.6 is 27.3 Å². The van der Waals surface area contributed by atoms with E-state index in [2.05, 4.69) is 46.2 Å². The molecular weight excluding hydrogens is 320 g/mol. The van der Waals surface area contributed by atoms with Crippen molar-refractivity contribution in [1.82, 2.24) is 4.90 Å². The third kappa shape index (κ3) is 3.60. The van der Waals surface area contributed by atoms with E-state index in [-0.39, 0.29) is 5.54 Å². The first-order valence-corrected chi connectivity index (χ1v) is 8.91. The van der Waals surface area contributed by atoms with Gasteiger partial charge in [0.2, 0.25) is 0 Å². The van der Waals surface area contributed by atoms with Crippen LogP contribution in [0.4, 0.5) is 0 Å². The quantitative estimate of drug-likeness (QED) is 0.865. The predicted octanol–water partition coefficient (Wildman–Crippen LogP) is 4.24. The molecule has 0 bridgehead atoms. The average Bonchev–Trinajstić information content (AvgIpc) is 2.84. The molecule has 108 valence electrons. The van der Waals surface area contributed by atoms with E-state index in [0.29, 0.717) is 0 Å². The minimum absolute atomic E-state index is 0.224. The largest absolute Gasteiger partial charge is 0.329 e. The fraction of sp³-hybridized carbons (Fsp3) is 0.733. The highest BCUT2D eigenvalue weighted by molar-refractivity contribution is 9.10. The van der Waals surface area contributed by atoms with Crippen molar-refractivity contribution in [3.05, 3.63) is 20.8 Å². The van der Waals surface area contributed by atoms with Gasteiger partial charge in [0.25, 0.3) is 0 Å². The molecule has 2 rings (SSSR count). The van der Waals surface area contributed by atoms with Gasteiger partial charge >= 0.3 is 0 Å². The second kappa shape index (κ2) is 6.70. The molecule has 1 heterocycles. The molecule has 1 aromatic rings. The lowest BCUT2D eigenvalue weighted by Crippen LogP contribution is -2.53. The molecule has 4 heteroatoms. The minimum Gasteiger partial charge on any atom is -0.329 e. The zero-order chi connectivity index (χ0) is 13.9. The monoisotopic (exact) mass is 344 g/mol. The van der Waals surface area contributed by atoms with Gasteiger partial charge < -0.3 is 5.73 Å². The van der Waals surface area contributed by atoms with Crippen molar-refractivity contribution in [1.29, 1.82) is 0 Å². The number of hydrogen-bond acceptors (Lipinski definition) is 3. The van der Waals surface area contributed by atoms with Crippen molar-refractivity contribution in [2.45, 2.75) is 51.1 Å². The molecule has 1 fully saturated rings. The topological polar surface area (TPSA) is 29.3 Å². The van der Waals surface area contributed by atoms with Crippen LogP contribution in [-0.2, 0) is 6.54 Å². The number of nitrogens with zero attached hydrogens (tertiary/aromatic N) is 1. The Morgan fingerprint density at radius 2 is 2.16 bits per heavy atom. The van der Waals surface area contributed by atoms with E-state index in [1.165, 1.54) is 41.5 Å². The first kappa shape index (κ1) is 15.5. The lowest BCUT2D eigenvalue weighted by molar-refractivity contribution is 0.0587. The molecule has 0 amide bonds. The molecule has 1 aromatic heterocycles. The van der Waals surface area contributed by atoms with Crippen LogP contribution in [0.5, 0.6) is 0 Å². The van der Waals surface area contributed by atoms with Crippen molar-refractivity contribution >= 4 is 27.3 Å². The second-order valence-electron chi connectivity index (χ2n) is 5.87. The Morgan fingerprint density at radius 3 is 2.63 bits per heavy atom. The molecule has 1 saturated carbocycles. The van der Waals surface area contributed by atoms with Crippen molar-refractivity contribution in [2.75, 3.05) is 13.6 Å². The Labute approximate surface area is 129 Å². The number of likely N-dealkylation sites (N-methyl/N-ethyl adjacent to an activating group) is 1. The van der Waals surface area contributed by atoms with Crippen LogP contribution in [-0.4, -0.2) is 24.0 Å². The summed E-state index contributed by atoms with van der Waals surface area (Å²) in [5.41, 5.74) is 6.36. The first-order chi connectivity index (χ1) is 9.09. The molecule has 0 aliphatic heterocycles. The molecule has 0 saturated heterocycles. The third-order valence-electron chi connectivity index (χ3n) is 4.82. The van der Waals surface area contributed by atoms with Gasteiger partial charge in [-0.3, -0.25) is 4.90 Å². The third-order valence-corrected chi connectivity index (χ3v) is 6.50. The maximum absolute atomic E-state index is 6.14. The van der Waals surface area contributed by atoms with E-state index in [1.807, 2.05) is 11.3 Å². The smallest absolute Gasteiger partial charge is 0.0332 e. The van der Waals surface area contributed by atoms with E-state index >= 15 is 0 Å². The summed E-state index contributed by atoms with van der Waals surface area (Å²) in [6.07, 6.45) is 6.51. The van der Waals surface area contributed by atoms with Gasteiger partial charge in [-0.1, -0.05) is 13.3 Å². The van der Waals surface area contributed by atoms with Gasteiger partial charge in [-0.05, 0) is 60.6 Å². The van der Waals surface area contributed by atoms with Crippen LogP contribution in [0.1, 0.15) is 43.9 Å². The summed E-state index contributed by atoms with van der Waals surface area (Å²) in [5, 5.41) is 2.16. The van der Waals surface area contributed by atoms with Crippen LogP contribution in [0.25, 0.3) is 0 Å². The summed E-state index contributed by atoms with van der Waals surface area (Å²) in [5.74, 6) is 0.920. The Bertz CT molecular complexity index is 397. The standard InChI is InChI=1S/C15H25BrN2S/c1-3-12-4-6-15(11-17,7-5-12)18(2)9-14-8-13(16)10-19-14/h8,10,12H,3-7,9,11,17H2,1-2H3. The average molecular weight is 345 g/mol. The highest BCUT2D eigenvalue weighted by Crippen LogP contribution is 2.37. The highest BCUT2D eigenvalue weighted by Gasteiger charge is 2.37. The maximum Gasteiger partial charge on any atom is 0.0332 e. The summed E-state index contributed by atoms with van der Waals surface area (Å²) in [4.78, 5) is 3.91. The molecule has 2 N–H and O–H groups in total. The molecule has 0 radical (unpaired) electrons. The van der Waals surface area contributed by atoms with E-state index in [1.54, 1.807) is 0 Å². The van der Waals surface area contributed by atoms with Gasteiger partial charge in [0.15, 0.2) is 0 Å². The van der Waals surface area contributed by atoms with Crippen LogP contribution in [0.3, 0.4) is 0 Å². The molecule has 2 nitrogen and oxygen atoms in total. The van der Waals surface area contributed by atoms with E-state index < -0.39 is 0 Å². The van der Waals surface area contributed by atoms with Gasteiger partial charge in [0.1, 0.15) is 0 Å². The fourth-order valence-corrected chi connectivity index (χ4v) is 4.71. The van der Waals surface area contributed by atoms with Gasteiger partial charge in [0.05, 0.1) is 0 Å². The Hall–Kier alpha value is 0.1000. The maximum atomic E-state index is 6.14. The Kier molecular flexibility index (Phi) is 5.46.